The molecular weight excluding hydrogens is 136 g/mol. The maximum atomic E-state index is 9.55. The zero-order chi connectivity index (χ0) is 8.48. The third-order valence-electron chi connectivity index (χ3n) is 2.81. The quantitative estimate of drug-likeness (QED) is 0.618. The summed E-state index contributed by atoms with van der Waals surface area (Å²) in [5.74, 6) is 0.758. The van der Waals surface area contributed by atoms with Crippen LogP contribution in [-0.4, -0.2) is 11.2 Å². The van der Waals surface area contributed by atoms with Gasteiger partial charge in [0.2, 0.25) is 0 Å². The van der Waals surface area contributed by atoms with E-state index in [2.05, 4.69) is 20.8 Å². The van der Waals surface area contributed by atoms with Gasteiger partial charge in [0.15, 0.2) is 0 Å². The Bertz CT molecular complexity index is 129. The largest absolute Gasteiger partial charge is 0.393 e. The molecule has 2 unspecified atom stereocenters. The summed E-state index contributed by atoms with van der Waals surface area (Å²) in [5, 5.41) is 9.55. The number of rotatable bonds is 1. The van der Waals surface area contributed by atoms with Gasteiger partial charge in [-0.1, -0.05) is 27.2 Å². The van der Waals surface area contributed by atoms with Crippen molar-refractivity contribution in [3.05, 3.63) is 0 Å². The molecule has 66 valence electrons. The fraction of sp³-hybridized carbons (Fsp3) is 1.00. The summed E-state index contributed by atoms with van der Waals surface area (Å²) in [6, 6.07) is 0. The molecule has 0 aromatic rings. The molecule has 0 radical (unpaired) electrons. The molecule has 0 heterocycles. The van der Waals surface area contributed by atoms with Gasteiger partial charge in [0.25, 0.3) is 0 Å². The van der Waals surface area contributed by atoms with Crippen LogP contribution in [0.2, 0.25) is 0 Å². The first kappa shape index (κ1) is 9.05. The van der Waals surface area contributed by atoms with Crippen LogP contribution in [0.3, 0.4) is 0 Å². The molecule has 1 N–H and O–H groups in total. The summed E-state index contributed by atoms with van der Waals surface area (Å²) in [7, 11) is 0. The number of aliphatic hydroxyl groups excluding tert-OH is 1. The van der Waals surface area contributed by atoms with Crippen molar-refractivity contribution < 1.29 is 5.11 Å². The Morgan fingerprint density at radius 2 is 2.00 bits per heavy atom. The van der Waals surface area contributed by atoms with Crippen LogP contribution >= 0.6 is 0 Å². The molecule has 1 rings (SSSR count). The molecule has 1 heteroatoms. The third-order valence-corrected chi connectivity index (χ3v) is 2.81. The highest BCUT2D eigenvalue weighted by Gasteiger charge is 2.31. The van der Waals surface area contributed by atoms with Crippen molar-refractivity contribution in [2.24, 2.45) is 11.3 Å². The fourth-order valence-electron chi connectivity index (χ4n) is 2.37. The number of aliphatic hydroxyl groups is 1. The normalized spacial score (nSPS) is 37.1. The second-order valence-electron chi connectivity index (χ2n) is 4.74. The lowest BCUT2D eigenvalue weighted by Crippen LogP contribution is -2.31. The van der Waals surface area contributed by atoms with Gasteiger partial charge in [-0.15, -0.1) is 0 Å². The molecule has 1 aliphatic carbocycles. The first-order valence-corrected chi connectivity index (χ1v) is 4.71. The van der Waals surface area contributed by atoms with Crippen LogP contribution in [0.15, 0.2) is 0 Å². The second-order valence-corrected chi connectivity index (χ2v) is 4.74. The van der Waals surface area contributed by atoms with Crippen molar-refractivity contribution in [2.75, 3.05) is 0 Å². The van der Waals surface area contributed by atoms with E-state index < -0.39 is 0 Å². The summed E-state index contributed by atoms with van der Waals surface area (Å²) in [6.07, 6.45) is 4.49. The SMILES string of the molecule is CCC1CC(O)CC(C)(C)C1. The number of hydrogen-bond acceptors (Lipinski definition) is 1. The molecule has 1 saturated carbocycles. The molecule has 1 aliphatic rings. The van der Waals surface area contributed by atoms with Crippen molar-refractivity contribution in [1.29, 1.82) is 0 Å². The van der Waals surface area contributed by atoms with Gasteiger partial charge in [0.05, 0.1) is 6.10 Å². The predicted molar refractivity (Wildman–Crippen MR) is 47.4 cm³/mol. The molecule has 1 fully saturated rings. The topological polar surface area (TPSA) is 20.2 Å². The molecule has 0 aromatic heterocycles. The molecule has 0 aliphatic heterocycles. The zero-order valence-electron chi connectivity index (χ0n) is 7.93. The highest BCUT2D eigenvalue weighted by Crippen LogP contribution is 2.39. The summed E-state index contributed by atoms with van der Waals surface area (Å²) >= 11 is 0. The van der Waals surface area contributed by atoms with Crippen LogP contribution in [-0.2, 0) is 0 Å². The monoisotopic (exact) mass is 156 g/mol. The Morgan fingerprint density at radius 1 is 1.36 bits per heavy atom. The van der Waals surface area contributed by atoms with Crippen LogP contribution in [0.25, 0.3) is 0 Å². The zero-order valence-corrected chi connectivity index (χ0v) is 7.93. The first-order chi connectivity index (χ1) is 5.03. The van der Waals surface area contributed by atoms with Gasteiger partial charge in [-0.25, -0.2) is 0 Å². The van der Waals surface area contributed by atoms with Gasteiger partial charge >= 0.3 is 0 Å². The van der Waals surface area contributed by atoms with E-state index in [4.69, 9.17) is 0 Å². The van der Waals surface area contributed by atoms with Gasteiger partial charge in [0.1, 0.15) is 0 Å². The Hall–Kier alpha value is -0.0400. The highest BCUT2D eigenvalue weighted by atomic mass is 16.3. The smallest absolute Gasteiger partial charge is 0.0548 e. The minimum absolute atomic E-state index is 0.0382. The van der Waals surface area contributed by atoms with Crippen molar-refractivity contribution in [3.8, 4) is 0 Å². The molecule has 0 saturated heterocycles. The summed E-state index contributed by atoms with van der Waals surface area (Å²) in [5.41, 5.74) is 0.373. The predicted octanol–water partition coefficient (Wildman–Crippen LogP) is 2.58. The lowest BCUT2D eigenvalue weighted by molar-refractivity contribution is 0.0331. The third kappa shape index (κ3) is 2.48. The van der Waals surface area contributed by atoms with Gasteiger partial charge < -0.3 is 5.11 Å². The van der Waals surface area contributed by atoms with Gasteiger partial charge in [0, 0.05) is 0 Å². The molecule has 1 nitrogen and oxygen atoms in total. The van der Waals surface area contributed by atoms with Gasteiger partial charge in [-0.2, -0.15) is 0 Å². The van der Waals surface area contributed by atoms with E-state index in [0.29, 0.717) is 5.41 Å². The second kappa shape index (κ2) is 3.14. The lowest BCUT2D eigenvalue weighted by Gasteiger charge is -2.37. The van der Waals surface area contributed by atoms with E-state index in [1.165, 1.54) is 12.8 Å². The van der Waals surface area contributed by atoms with Crippen LogP contribution in [0.1, 0.15) is 46.5 Å². The first-order valence-electron chi connectivity index (χ1n) is 4.71. The Morgan fingerprint density at radius 3 is 2.45 bits per heavy atom. The van der Waals surface area contributed by atoms with E-state index in [0.717, 1.165) is 18.8 Å². The molecule has 0 bridgehead atoms. The van der Waals surface area contributed by atoms with E-state index in [1.807, 2.05) is 0 Å². The summed E-state index contributed by atoms with van der Waals surface area (Å²) in [6.45, 7) is 6.74. The molecular formula is C10H20O. The van der Waals surface area contributed by atoms with Crippen molar-refractivity contribution in [1.82, 2.24) is 0 Å². The Balaban J connectivity index is 2.51. The standard InChI is InChI=1S/C10H20O/c1-4-8-5-9(11)7-10(2,3)6-8/h8-9,11H,4-7H2,1-3H3. The van der Waals surface area contributed by atoms with E-state index in [9.17, 15) is 5.11 Å². The molecule has 2 atom stereocenters. The van der Waals surface area contributed by atoms with Gasteiger partial charge in [-0.05, 0) is 30.6 Å². The number of hydrogen-bond donors (Lipinski definition) is 1. The van der Waals surface area contributed by atoms with Crippen molar-refractivity contribution in [2.45, 2.75) is 52.6 Å². The molecule has 0 spiro atoms. The van der Waals surface area contributed by atoms with E-state index >= 15 is 0 Å². The molecule has 11 heavy (non-hydrogen) atoms. The maximum absolute atomic E-state index is 9.55. The van der Waals surface area contributed by atoms with E-state index in [1.54, 1.807) is 0 Å². The van der Waals surface area contributed by atoms with E-state index in [-0.39, 0.29) is 6.10 Å². The van der Waals surface area contributed by atoms with Crippen molar-refractivity contribution >= 4 is 0 Å². The summed E-state index contributed by atoms with van der Waals surface area (Å²) < 4.78 is 0. The fourth-order valence-corrected chi connectivity index (χ4v) is 2.37. The van der Waals surface area contributed by atoms with Crippen LogP contribution in [0.4, 0.5) is 0 Å². The minimum atomic E-state index is -0.0382. The van der Waals surface area contributed by atoms with Gasteiger partial charge in [-0.3, -0.25) is 0 Å². The Kier molecular flexibility index (Phi) is 2.58. The van der Waals surface area contributed by atoms with Crippen LogP contribution in [0, 0.1) is 11.3 Å². The van der Waals surface area contributed by atoms with Crippen LogP contribution in [0.5, 0.6) is 0 Å². The summed E-state index contributed by atoms with van der Waals surface area (Å²) in [4.78, 5) is 0. The lowest BCUT2D eigenvalue weighted by atomic mass is 9.70. The Labute approximate surface area is 69.8 Å². The molecule has 0 aromatic carbocycles. The maximum Gasteiger partial charge on any atom is 0.0548 e. The van der Waals surface area contributed by atoms with Crippen molar-refractivity contribution in [3.63, 3.8) is 0 Å². The average Bonchev–Trinajstić information content (AvgIpc) is 1.83. The molecule has 0 amide bonds. The average molecular weight is 156 g/mol. The highest BCUT2D eigenvalue weighted by molar-refractivity contribution is 4.83. The minimum Gasteiger partial charge on any atom is -0.393 e. The van der Waals surface area contributed by atoms with Crippen LogP contribution < -0.4 is 0 Å².